The molecule has 0 spiro atoms. The van der Waals surface area contributed by atoms with E-state index in [1.807, 2.05) is 61.7 Å². The van der Waals surface area contributed by atoms with E-state index in [2.05, 4.69) is 26.0 Å². The Bertz CT molecular complexity index is 1400. The molecule has 0 atom stereocenters. The number of nitrogens with zero attached hydrogens (tertiary/aromatic N) is 7. The van der Waals surface area contributed by atoms with Crippen LogP contribution in [0.25, 0.3) is 11.0 Å². The van der Waals surface area contributed by atoms with Gasteiger partial charge in [-0.3, -0.25) is 4.79 Å². The van der Waals surface area contributed by atoms with Crippen molar-refractivity contribution in [2.75, 3.05) is 51.3 Å². The number of fused-ring (bicyclic) bond motifs is 1. The zero-order valence-electron chi connectivity index (χ0n) is 26.2. The summed E-state index contributed by atoms with van der Waals surface area (Å²) < 4.78 is 13.0. The standard InChI is InChI=1S/C32H45N7O4/c1-6-42-26-9-7-8-24(18-26)21-39-29-27(19-35-39)28(33-22-34-29)37-14-16-38(17-15-37)30(40)25-12-10-23(11-13-25)20-36(5)31(41)43-32(2,3)4/h7-9,18-19,22-23,25H,6,10-17,20-21H2,1-5H3/t23-,25-. The SMILES string of the molecule is CCOc1cccc(Cn2ncc3c(N4CCN(C(=O)[C@H]5CC[C@H](CN(C)C(=O)OC(C)(C)C)CC5)CC4)ncnc32)c1. The van der Waals surface area contributed by atoms with Crippen molar-refractivity contribution in [1.29, 1.82) is 0 Å². The Kier molecular flexibility index (Phi) is 9.37. The van der Waals surface area contributed by atoms with Gasteiger partial charge in [0.2, 0.25) is 5.91 Å². The number of carbonyl (C=O) groups is 2. The van der Waals surface area contributed by atoms with E-state index in [1.165, 1.54) is 0 Å². The van der Waals surface area contributed by atoms with Gasteiger partial charge < -0.3 is 24.2 Å². The predicted octanol–water partition coefficient (Wildman–Crippen LogP) is 4.60. The lowest BCUT2D eigenvalue weighted by Crippen LogP contribution is -2.51. The molecule has 1 saturated heterocycles. The molecule has 2 amide bonds. The average Bonchev–Trinajstić information content (AvgIpc) is 3.39. The summed E-state index contributed by atoms with van der Waals surface area (Å²) in [6, 6.07) is 8.04. The van der Waals surface area contributed by atoms with Crippen molar-refractivity contribution < 1.29 is 19.1 Å². The molecule has 5 rings (SSSR count). The number of benzene rings is 1. The minimum absolute atomic E-state index is 0.0554. The van der Waals surface area contributed by atoms with E-state index < -0.39 is 5.60 Å². The van der Waals surface area contributed by atoms with Crippen LogP contribution in [0.15, 0.2) is 36.8 Å². The van der Waals surface area contributed by atoms with Crippen molar-refractivity contribution in [2.24, 2.45) is 11.8 Å². The quantitative estimate of drug-likeness (QED) is 0.375. The number of aromatic nitrogens is 4. The van der Waals surface area contributed by atoms with Crippen molar-refractivity contribution in [3.8, 4) is 5.75 Å². The normalized spacial score (nSPS) is 19.4. The molecule has 1 aromatic carbocycles. The van der Waals surface area contributed by atoms with E-state index >= 15 is 0 Å². The van der Waals surface area contributed by atoms with Crippen LogP contribution >= 0.6 is 0 Å². The van der Waals surface area contributed by atoms with Crippen molar-refractivity contribution in [3.63, 3.8) is 0 Å². The molecule has 43 heavy (non-hydrogen) atoms. The molecule has 2 fully saturated rings. The summed E-state index contributed by atoms with van der Waals surface area (Å²) >= 11 is 0. The Morgan fingerprint density at radius 2 is 1.79 bits per heavy atom. The Hall–Kier alpha value is -3.89. The van der Waals surface area contributed by atoms with E-state index in [0.29, 0.717) is 38.7 Å². The molecule has 11 heteroatoms. The van der Waals surface area contributed by atoms with E-state index in [9.17, 15) is 9.59 Å². The van der Waals surface area contributed by atoms with Gasteiger partial charge in [0, 0.05) is 45.7 Å². The monoisotopic (exact) mass is 591 g/mol. The van der Waals surface area contributed by atoms with Gasteiger partial charge in [-0.25, -0.2) is 19.4 Å². The Balaban J connectivity index is 1.13. The summed E-state index contributed by atoms with van der Waals surface area (Å²) in [5.41, 5.74) is 1.38. The van der Waals surface area contributed by atoms with Gasteiger partial charge >= 0.3 is 6.09 Å². The summed E-state index contributed by atoms with van der Waals surface area (Å²) in [5.74, 6) is 2.42. The predicted molar refractivity (Wildman–Crippen MR) is 165 cm³/mol. The van der Waals surface area contributed by atoms with Gasteiger partial charge in [-0.05, 0) is 77.0 Å². The highest BCUT2D eigenvalue weighted by atomic mass is 16.6. The zero-order chi connectivity index (χ0) is 30.6. The number of hydrogen-bond donors (Lipinski definition) is 0. The van der Waals surface area contributed by atoms with Gasteiger partial charge in [-0.2, -0.15) is 5.10 Å². The Morgan fingerprint density at radius 1 is 1.05 bits per heavy atom. The number of piperazine rings is 1. The van der Waals surface area contributed by atoms with Crippen LogP contribution in [0.4, 0.5) is 10.6 Å². The van der Waals surface area contributed by atoms with Crippen LogP contribution in [0.2, 0.25) is 0 Å². The molecule has 0 bridgehead atoms. The van der Waals surface area contributed by atoms with Gasteiger partial charge in [-0.15, -0.1) is 0 Å². The van der Waals surface area contributed by atoms with E-state index in [-0.39, 0.29) is 17.9 Å². The molecule has 3 heterocycles. The van der Waals surface area contributed by atoms with E-state index in [4.69, 9.17) is 9.47 Å². The van der Waals surface area contributed by atoms with Crippen molar-refractivity contribution in [1.82, 2.24) is 29.5 Å². The van der Waals surface area contributed by atoms with Crippen LogP contribution in [0.5, 0.6) is 5.75 Å². The highest BCUT2D eigenvalue weighted by Crippen LogP contribution is 2.32. The number of carbonyl (C=O) groups excluding carboxylic acids is 2. The molecule has 232 valence electrons. The number of hydrogen-bond acceptors (Lipinski definition) is 8. The zero-order valence-corrected chi connectivity index (χ0v) is 26.2. The van der Waals surface area contributed by atoms with Crippen LogP contribution in [0, 0.1) is 11.8 Å². The third-order valence-corrected chi connectivity index (χ3v) is 8.28. The largest absolute Gasteiger partial charge is 0.494 e. The molecule has 2 aliphatic rings. The molecular weight excluding hydrogens is 546 g/mol. The number of ether oxygens (including phenoxy) is 2. The third-order valence-electron chi connectivity index (χ3n) is 8.28. The van der Waals surface area contributed by atoms with Crippen molar-refractivity contribution in [3.05, 3.63) is 42.4 Å². The first-order chi connectivity index (χ1) is 20.6. The Morgan fingerprint density at radius 3 is 2.49 bits per heavy atom. The molecule has 2 aromatic heterocycles. The van der Waals surface area contributed by atoms with E-state index in [1.54, 1.807) is 18.3 Å². The van der Waals surface area contributed by atoms with Crippen LogP contribution in [-0.4, -0.2) is 93.5 Å². The fraction of sp³-hybridized carbons (Fsp3) is 0.594. The first kappa shape index (κ1) is 30.6. The fourth-order valence-electron chi connectivity index (χ4n) is 6.11. The summed E-state index contributed by atoms with van der Waals surface area (Å²) in [6.07, 6.45) is 6.78. The van der Waals surface area contributed by atoms with Gasteiger partial charge in [0.25, 0.3) is 0 Å². The summed E-state index contributed by atoms with van der Waals surface area (Å²) in [4.78, 5) is 40.8. The minimum atomic E-state index is -0.502. The van der Waals surface area contributed by atoms with Crippen LogP contribution in [-0.2, 0) is 16.1 Å². The van der Waals surface area contributed by atoms with Crippen molar-refractivity contribution in [2.45, 2.75) is 65.5 Å². The maximum Gasteiger partial charge on any atom is 0.410 e. The molecule has 0 radical (unpaired) electrons. The second-order valence-electron chi connectivity index (χ2n) is 12.7. The molecular formula is C32H45N7O4. The van der Waals surface area contributed by atoms with Crippen LogP contribution in [0.1, 0.15) is 58.9 Å². The molecule has 1 saturated carbocycles. The number of rotatable bonds is 8. The third kappa shape index (κ3) is 7.55. The number of amides is 2. The molecule has 11 nitrogen and oxygen atoms in total. The molecule has 0 unspecified atom stereocenters. The smallest absolute Gasteiger partial charge is 0.410 e. The lowest BCUT2D eigenvalue weighted by molar-refractivity contribution is -0.137. The highest BCUT2D eigenvalue weighted by Gasteiger charge is 2.33. The lowest BCUT2D eigenvalue weighted by atomic mass is 9.81. The Labute approximate surface area is 254 Å². The fourth-order valence-corrected chi connectivity index (χ4v) is 6.11. The molecule has 3 aromatic rings. The van der Waals surface area contributed by atoms with Gasteiger partial charge in [-0.1, -0.05) is 12.1 Å². The second kappa shape index (κ2) is 13.2. The van der Waals surface area contributed by atoms with Gasteiger partial charge in [0.1, 0.15) is 23.5 Å². The number of anilines is 1. The van der Waals surface area contributed by atoms with Gasteiger partial charge in [0.05, 0.1) is 24.7 Å². The van der Waals surface area contributed by atoms with Crippen molar-refractivity contribution >= 4 is 28.9 Å². The first-order valence-electron chi connectivity index (χ1n) is 15.5. The van der Waals surface area contributed by atoms with E-state index in [0.717, 1.165) is 66.9 Å². The maximum atomic E-state index is 13.4. The molecule has 1 aliphatic carbocycles. The molecule has 1 aliphatic heterocycles. The summed E-state index contributed by atoms with van der Waals surface area (Å²) in [5, 5.41) is 5.54. The van der Waals surface area contributed by atoms with Crippen LogP contribution < -0.4 is 9.64 Å². The summed E-state index contributed by atoms with van der Waals surface area (Å²) in [7, 11) is 1.79. The minimum Gasteiger partial charge on any atom is -0.494 e. The summed E-state index contributed by atoms with van der Waals surface area (Å²) in [6.45, 7) is 12.3. The maximum absolute atomic E-state index is 13.4. The average molecular weight is 592 g/mol. The lowest BCUT2D eigenvalue weighted by Gasteiger charge is -2.38. The highest BCUT2D eigenvalue weighted by molar-refractivity contribution is 5.87. The first-order valence-corrected chi connectivity index (χ1v) is 15.5. The van der Waals surface area contributed by atoms with Crippen LogP contribution in [0.3, 0.4) is 0 Å². The van der Waals surface area contributed by atoms with Gasteiger partial charge in [0.15, 0.2) is 5.65 Å². The molecule has 0 N–H and O–H groups in total. The second-order valence-corrected chi connectivity index (χ2v) is 12.7. The topological polar surface area (TPSA) is 106 Å².